The first-order valence-electron chi connectivity index (χ1n) is 4.98. The van der Waals surface area contributed by atoms with Crippen molar-refractivity contribution >= 4 is 15.7 Å². The number of alkyl halides is 3. The van der Waals surface area contributed by atoms with Gasteiger partial charge in [0.15, 0.2) is 5.75 Å². The Kier molecular flexibility index (Phi) is 4.10. The molecule has 8 heteroatoms. The second-order valence-corrected chi connectivity index (χ2v) is 5.98. The van der Waals surface area contributed by atoms with Gasteiger partial charge in [-0.05, 0) is 26.0 Å². The molecule has 1 aromatic rings. The molecular weight excluding hydrogens is 271 g/mol. The van der Waals surface area contributed by atoms with Crippen LogP contribution in [0.5, 0.6) is 5.75 Å². The lowest BCUT2D eigenvalue weighted by Gasteiger charge is -2.15. The van der Waals surface area contributed by atoms with E-state index >= 15 is 0 Å². The topological polar surface area (TPSA) is 55.4 Å². The number of nitrogens with one attached hydrogen (secondary N) is 1. The van der Waals surface area contributed by atoms with Crippen molar-refractivity contribution in [3.05, 3.63) is 24.3 Å². The van der Waals surface area contributed by atoms with Gasteiger partial charge in [0.2, 0.25) is 10.0 Å². The summed E-state index contributed by atoms with van der Waals surface area (Å²) in [6.45, 7) is 2.82. The Morgan fingerprint density at radius 2 is 1.78 bits per heavy atom. The Labute approximate surface area is 103 Å². The van der Waals surface area contributed by atoms with Crippen molar-refractivity contribution < 1.29 is 26.3 Å². The Balaban J connectivity index is 3.04. The highest BCUT2D eigenvalue weighted by atomic mass is 32.2. The van der Waals surface area contributed by atoms with Crippen LogP contribution < -0.4 is 9.46 Å². The maximum atomic E-state index is 12.1. The lowest BCUT2D eigenvalue weighted by molar-refractivity contribution is -0.274. The Hall–Kier alpha value is -1.44. The number of sulfonamides is 1. The summed E-state index contributed by atoms with van der Waals surface area (Å²) in [6.07, 6.45) is -4.88. The van der Waals surface area contributed by atoms with E-state index < -0.39 is 27.4 Å². The van der Waals surface area contributed by atoms with Crippen LogP contribution in [0, 0.1) is 0 Å². The summed E-state index contributed by atoms with van der Waals surface area (Å²) in [4.78, 5) is 0. The molecule has 0 unspecified atom stereocenters. The minimum Gasteiger partial charge on any atom is -0.404 e. The van der Waals surface area contributed by atoms with Crippen LogP contribution in [0.2, 0.25) is 0 Å². The number of benzene rings is 1. The van der Waals surface area contributed by atoms with E-state index in [4.69, 9.17) is 0 Å². The highest BCUT2D eigenvalue weighted by Gasteiger charge is 2.32. The van der Waals surface area contributed by atoms with Crippen LogP contribution in [0.4, 0.5) is 18.9 Å². The molecule has 1 rings (SSSR count). The number of rotatable bonds is 4. The smallest absolute Gasteiger partial charge is 0.404 e. The Morgan fingerprint density at radius 1 is 1.22 bits per heavy atom. The van der Waals surface area contributed by atoms with Crippen molar-refractivity contribution in [2.45, 2.75) is 25.5 Å². The molecule has 0 radical (unpaired) electrons. The van der Waals surface area contributed by atoms with E-state index in [0.29, 0.717) is 0 Å². The quantitative estimate of drug-likeness (QED) is 0.924. The lowest BCUT2D eigenvalue weighted by Crippen LogP contribution is -2.24. The van der Waals surface area contributed by atoms with Crippen LogP contribution in [0.15, 0.2) is 24.3 Å². The van der Waals surface area contributed by atoms with Gasteiger partial charge in [0.25, 0.3) is 0 Å². The summed E-state index contributed by atoms with van der Waals surface area (Å²) in [5, 5.41) is -0.767. The van der Waals surface area contributed by atoms with Crippen molar-refractivity contribution in [2.24, 2.45) is 0 Å². The SMILES string of the molecule is CC(C)S(=O)(=O)Nc1ccccc1OC(F)(F)F. The molecule has 0 heterocycles. The zero-order valence-corrected chi connectivity index (χ0v) is 10.5. The number of halogens is 3. The maximum Gasteiger partial charge on any atom is 0.573 e. The van der Waals surface area contributed by atoms with Gasteiger partial charge < -0.3 is 4.74 Å². The van der Waals surface area contributed by atoms with Gasteiger partial charge in [-0.3, -0.25) is 4.72 Å². The van der Waals surface area contributed by atoms with Crippen LogP contribution in [0.1, 0.15) is 13.8 Å². The standard InChI is InChI=1S/C10H12F3NO3S/c1-7(2)18(15,16)14-8-5-3-4-6-9(8)17-10(11,12)13/h3-7,14H,1-2H3. The summed E-state index contributed by atoms with van der Waals surface area (Å²) in [7, 11) is -3.73. The number of anilines is 1. The molecule has 0 fully saturated rings. The van der Waals surface area contributed by atoms with Crippen molar-refractivity contribution in [2.75, 3.05) is 4.72 Å². The average molecular weight is 283 g/mol. The fourth-order valence-corrected chi connectivity index (χ4v) is 1.75. The summed E-state index contributed by atoms with van der Waals surface area (Å²) < 4.78 is 65.3. The largest absolute Gasteiger partial charge is 0.573 e. The predicted octanol–water partition coefficient (Wildman–Crippen LogP) is 2.74. The molecule has 0 saturated carbocycles. The minimum absolute atomic E-state index is 0.247. The minimum atomic E-state index is -4.88. The Bertz CT molecular complexity index is 511. The zero-order chi connectivity index (χ0) is 14.0. The van der Waals surface area contributed by atoms with E-state index in [2.05, 4.69) is 9.46 Å². The van der Waals surface area contributed by atoms with E-state index in [1.54, 1.807) is 0 Å². The molecule has 0 atom stereocenters. The molecule has 18 heavy (non-hydrogen) atoms. The molecule has 102 valence electrons. The highest BCUT2D eigenvalue weighted by molar-refractivity contribution is 7.93. The first kappa shape index (κ1) is 14.6. The van der Waals surface area contributed by atoms with Gasteiger partial charge in [-0.1, -0.05) is 12.1 Å². The second kappa shape index (κ2) is 5.05. The third-order valence-electron chi connectivity index (χ3n) is 1.99. The summed E-state index contributed by atoms with van der Waals surface area (Å²) in [6, 6.07) is 4.95. The number of hydrogen-bond acceptors (Lipinski definition) is 3. The van der Waals surface area contributed by atoms with Gasteiger partial charge in [0.05, 0.1) is 10.9 Å². The van der Waals surface area contributed by atoms with E-state index in [9.17, 15) is 21.6 Å². The molecule has 0 aliphatic heterocycles. The molecule has 1 N–H and O–H groups in total. The normalized spacial score (nSPS) is 12.6. The third kappa shape index (κ3) is 4.10. The van der Waals surface area contributed by atoms with Gasteiger partial charge in [0, 0.05) is 0 Å². The first-order valence-corrected chi connectivity index (χ1v) is 6.53. The maximum absolute atomic E-state index is 12.1. The molecule has 0 amide bonds. The molecule has 0 saturated heterocycles. The molecular formula is C10H12F3NO3S. The summed E-state index contributed by atoms with van der Waals surface area (Å²) in [5.41, 5.74) is -0.247. The monoisotopic (exact) mass is 283 g/mol. The van der Waals surface area contributed by atoms with Gasteiger partial charge in [-0.2, -0.15) is 0 Å². The number of hydrogen-bond donors (Lipinski definition) is 1. The van der Waals surface area contributed by atoms with Gasteiger partial charge in [-0.25, -0.2) is 8.42 Å². The van der Waals surface area contributed by atoms with E-state index in [0.717, 1.165) is 6.07 Å². The molecule has 0 aromatic heterocycles. The zero-order valence-electron chi connectivity index (χ0n) is 9.65. The van der Waals surface area contributed by atoms with Crippen molar-refractivity contribution in [3.8, 4) is 5.75 Å². The van der Waals surface area contributed by atoms with Crippen molar-refractivity contribution in [1.82, 2.24) is 0 Å². The Morgan fingerprint density at radius 3 is 2.28 bits per heavy atom. The molecule has 0 aliphatic carbocycles. The van der Waals surface area contributed by atoms with Gasteiger partial charge >= 0.3 is 6.36 Å². The molecule has 0 aliphatic rings. The van der Waals surface area contributed by atoms with E-state index in [1.807, 2.05) is 0 Å². The van der Waals surface area contributed by atoms with Crippen LogP contribution in [-0.4, -0.2) is 20.0 Å². The van der Waals surface area contributed by atoms with E-state index in [1.165, 1.54) is 32.0 Å². The predicted molar refractivity (Wildman–Crippen MR) is 60.8 cm³/mol. The lowest BCUT2D eigenvalue weighted by atomic mass is 10.3. The van der Waals surface area contributed by atoms with Crippen molar-refractivity contribution in [3.63, 3.8) is 0 Å². The first-order chi connectivity index (χ1) is 8.12. The fourth-order valence-electron chi connectivity index (χ4n) is 1.04. The molecule has 4 nitrogen and oxygen atoms in total. The van der Waals surface area contributed by atoms with Crippen LogP contribution in [-0.2, 0) is 10.0 Å². The van der Waals surface area contributed by atoms with Crippen LogP contribution in [0.3, 0.4) is 0 Å². The number of ether oxygens (including phenoxy) is 1. The highest BCUT2D eigenvalue weighted by Crippen LogP contribution is 2.30. The summed E-state index contributed by atoms with van der Waals surface area (Å²) in [5.74, 6) is -0.589. The molecule has 0 spiro atoms. The van der Waals surface area contributed by atoms with Gasteiger partial charge in [-0.15, -0.1) is 13.2 Å². The van der Waals surface area contributed by atoms with Crippen LogP contribution >= 0.6 is 0 Å². The average Bonchev–Trinajstić information content (AvgIpc) is 2.18. The number of para-hydroxylation sites is 2. The molecule has 0 bridgehead atoms. The summed E-state index contributed by atoms with van der Waals surface area (Å²) >= 11 is 0. The van der Waals surface area contributed by atoms with Crippen molar-refractivity contribution in [1.29, 1.82) is 0 Å². The third-order valence-corrected chi connectivity index (χ3v) is 3.73. The van der Waals surface area contributed by atoms with Crippen LogP contribution in [0.25, 0.3) is 0 Å². The molecule has 1 aromatic carbocycles. The second-order valence-electron chi connectivity index (χ2n) is 3.74. The van der Waals surface area contributed by atoms with E-state index in [-0.39, 0.29) is 5.69 Å². The fraction of sp³-hybridized carbons (Fsp3) is 0.400. The van der Waals surface area contributed by atoms with Gasteiger partial charge in [0.1, 0.15) is 0 Å².